The van der Waals surface area contributed by atoms with Crippen LogP contribution in [0.2, 0.25) is 0 Å². The van der Waals surface area contributed by atoms with Gasteiger partial charge >= 0.3 is 11.9 Å². The second kappa shape index (κ2) is 11.5. The molecule has 2 unspecified atom stereocenters. The summed E-state index contributed by atoms with van der Waals surface area (Å²) in [7, 11) is 0. The molecule has 3 amide bonds. The SMILES string of the molecule is CC(=O)N(CC(O)C(=O)O)c1c(I)c(C(N)=O)c(I)c(C(=O)NCC(O)C(=O)O)c1I. The molecule has 0 radical (unpaired) electrons. The van der Waals surface area contributed by atoms with E-state index in [-0.39, 0.29) is 27.5 Å². The predicted octanol–water partition coefficient (Wildman–Crippen LogP) is -0.427. The lowest BCUT2D eigenvalue weighted by molar-refractivity contribution is -0.147. The minimum atomic E-state index is -1.95. The molecule has 0 heterocycles. The normalized spacial score (nSPS) is 12.6. The highest BCUT2D eigenvalue weighted by Crippen LogP contribution is 2.38. The number of aliphatic hydroxyl groups is 2. The molecule has 15 heteroatoms. The summed E-state index contributed by atoms with van der Waals surface area (Å²) < 4.78 is 0.368. The van der Waals surface area contributed by atoms with Crippen molar-refractivity contribution in [3.05, 3.63) is 21.8 Å². The van der Waals surface area contributed by atoms with Gasteiger partial charge in [0.2, 0.25) is 5.91 Å². The quantitative estimate of drug-likeness (QED) is 0.180. The maximum Gasteiger partial charge on any atom is 0.334 e. The lowest BCUT2D eigenvalue weighted by atomic mass is 10.1. The van der Waals surface area contributed by atoms with Gasteiger partial charge < -0.3 is 36.4 Å². The van der Waals surface area contributed by atoms with Crippen molar-refractivity contribution < 1.29 is 44.4 Å². The van der Waals surface area contributed by atoms with Crippen LogP contribution in [0.5, 0.6) is 0 Å². The molecule has 1 aromatic rings. The van der Waals surface area contributed by atoms with Crippen molar-refractivity contribution in [2.75, 3.05) is 18.0 Å². The van der Waals surface area contributed by atoms with Gasteiger partial charge in [-0.1, -0.05) is 0 Å². The Labute approximate surface area is 216 Å². The molecule has 0 spiro atoms. The third kappa shape index (κ3) is 6.58. The van der Waals surface area contributed by atoms with Crippen LogP contribution in [0.4, 0.5) is 5.69 Å². The van der Waals surface area contributed by atoms with Gasteiger partial charge in [0.15, 0.2) is 12.2 Å². The highest BCUT2D eigenvalue weighted by atomic mass is 127. The zero-order chi connectivity index (χ0) is 24.2. The third-order valence-electron chi connectivity index (χ3n) is 3.80. The van der Waals surface area contributed by atoms with Crippen molar-refractivity contribution in [3.63, 3.8) is 0 Å². The van der Waals surface area contributed by atoms with Gasteiger partial charge in [-0.2, -0.15) is 0 Å². The third-order valence-corrected chi connectivity index (χ3v) is 6.98. The number of rotatable bonds is 9. The molecule has 170 valence electrons. The predicted molar refractivity (Wildman–Crippen MR) is 131 cm³/mol. The van der Waals surface area contributed by atoms with Crippen LogP contribution in [0.1, 0.15) is 27.6 Å². The summed E-state index contributed by atoms with van der Waals surface area (Å²) >= 11 is 5.11. The van der Waals surface area contributed by atoms with E-state index in [4.69, 9.17) is 15.9 Å². The van der Waals surface area contributed by atoms with Crippen molar-refractivity contribution in [3.8, 4) is 0 Å². The van der Waals surface area contributed by atoms with Crippen LogP contribution >= 0.6 is 67.8 Å². The number of aliphatic carboxylic acids is 2. The van der Waals surface area contributed by atoms with Gasteiger partial charge in [-0.25, -0.2) is 9.59 Å². The molecule has 12 nitrogen and oxygen atoms in total. The summed E-state index contributed by atoms with van der Waals surface area (Å²) in [5.41, 5.74) is 5.15. The number of nitrogens with two attached hydrogens (primary N) is 1. The molecular weight excluding hydrogens is 759 g/mol. The monoisotopic (exact) mass is 775 g/mol. The van der Waals surface area contributed by atoms with Crippen LogP contribution in [0.15, 0.2) is 0 Å². The first-order valence-corrected chi connectivity index (χ1v) is 11.3. The summed E-state index contributed by atoms with van der Waals surface area (Å²) in [5, 5.41) is 39.1. The maximum absolute atomic E-state index is 12.7. The van der Waals surface area contributed by atoms with Gasteiger partial charge in [0, 0.05) is 10.5 Å². The Hall–Kier alpha value is -1.32. The molecule has 0 aliphatic carbocycles. The number of carbonyl (C=O) groups is 5. The van der Waals surface area contributed by atoms with E-state index in [1.165, 1.54) is 0 Å². The van der Waals surface area contributed by atoms with E-state index in [1.807, 2.05) is 0 Å². The zero-order valence-electron chi connectivity index (χ0n) is 15.6. The summed E-state index contributed by atoms with van der Waals surface area (Å²) in [5.74, 6) is -5.63. The second-order valence-corrected chi connectivity index (χ2v) is 9.19. The Morgan fingerprint density at radius 2 is 1.42 bits per heavy atom. The smallest absolute Gasteiger partial charge is 0.334 e. The fraction of sp³-hybridized carbons (Fsp3) is 0.312. The van der Waals surface area contributed by atoms with E-state index in [9.17, 15) is 34.2 Å². The largest absolute Gasteiger partial charge is 0.479 e. The second-order valence-electron chi connectivity index (χ2n) is 5.95. The molecule has 0 fully saturated rings. The molecule has 0 saturated carbocycles. The van der Waals surface area contributed by atoms with Crippen LogP contribution < -0.4 is 16.0 Å². The molecule has 1 rings (SSSR count). The number of aliphatic hydroxyl groups excluding tert-OH is 2. The Kier molecular flexibility index (Phi) is 10.3. The number of hydrogen-bond donors (Lipinski definition) is 6. The van der Waals surface area contributed by atoms with Crippen molar-refractivity contribution in [2.45, 2.75) is 19.1 Å². The average Bonchev–Trinajstić information content (AvgIpc) is 2.64. The number of carboxylic acid groups (broad SMARTS) is 2. The first-order chi connectivity index (χ1) is 14.2. The number of hydrogen-bond acceptors (Lipinski definition) is 7. The van der Waals surface area contributed by atoms with E-state index in [0.717, 1.165) is 11.8 Å². The highest BCUT2D eigenvalue weighted by Gasteiger charge is 2.32. The molecule has 0 aliphatic heterocycles. The molecule has 31 heavy (non-hydrogen) atoms. The van der Waals surface area contributed by atoms with Crippen molar-refractivity contribution >= 4 is 103 Å². The summed E-state index contributed by atoms with van der Waals surface area (Å²) in [6, 6.07) is 0. The molecule has 2 atom stereocenters. The molecule has 7 N–H and O–H groups in total. The van der Waals surface area contributed by atoms with Gasteiger partial charge in [0.05, 0.1) is 37.0 Å². The number of halogens is 3. The number of anilines is 1. The van der Waals surface area contributed by atoms with Gasteiger partial charge in [-0.15, -0.1) is 0 Å². The fourth-order valence-corrected chi connectivity index (χ4v) is 7.07. The highest BCUT2D eigenvalue weighted by molar-refractivity contribution is 14.1. The topological polar surface area (TPSA) is 208 Å². The van der Waals surface area contributed by atoms with Crippen LogP contribution in [0, 0.1) is 10.7 Å². The number of carboxylic acids is 2. The maximum atomic E-state index is 12.7. The molecule has 0 aromatic heterocycles. The van der Waals surface area contributed by atoms with Gasteiger partial charge in [-0.3, -0.25) is 14.4 Å². The number of nitrogens with one attached hydrogen (secondary N) is 1. The van der Waals surface area contributed by atoms with Crippen molar-refractivity contribution in [2.24, 2.45) is 5.73 Å². The first kappa shape index (κ1) is 27.7. The van der Waals surface area contributed by atoms with Gasteiger partial charge in [0.25, 0.3) is 11.8 Å². The summed E-state index contributed by atoms with van der Waals surface area (Å²) in [6.45, 7) is -0.207. The first-order valence-electron chi connectivity index (χ1n) is 8.10. The van der Waals surface area contributed by atoms with E-state index >= 15 is 0 Å². The molecular formula is C16H16I3N3O9. The Morgan fingerprint density at radius 3 is 1.84 bits per heavy atom. The van der Waals surface area contributed by atoms with E-state index < -0.39 is 55.0 Å². The number of benzene rings is 1. The summed E-state index contributed by atoms with van der Waals surface area (Å²) in [4.78, 5) is 59.8. The number of primary amides is 1. The van der Waals surface area contributed by atoms with Crippen LogP contribution in [0.25, 0.3) is 0 Å². The van der Waals surface area contributed by atoms with E-state index in [1.54, 1.807) is 67.8 Å². The fourth-order valence-electron chi connectivity index (χ4n) is 2.30. The van der Waals surface area contributed by atoms with Gasteiger partial charge in [-0.05, 0) is 67.8 Å². The van der Waals surface area contributed by atoms with Gasteiger partial charge in [0.1, 0.15) is 0 Å². The molecule has 0 saturated heterocycles. The van der Waals surface area contributed by atoms with Crippen molar-refractivity contribution in [1.82, 2.24) is 5.32 Å². The standard InChI is InChI=1S/C16H16I3N3O9/c1-4(23)22(3-6(25)16(30)31)12-10(18)7(13(20)26)9(17)8(11(12)19)14(27)21-2-5(24)15(28)29/h5-6,24-25H,2-3H2,1H3,(H2,20,26)(H,21,27)(H,28,29)(H,30,31). The number of nitrogens with zero attached hydrogens (tertiary/aromatic N) is 1. The van der Waals surface area contributed by atoms with E-state index in [0.29, 0.717) is 0 Å². The Morgan fingerprint density at radius 1 is 0.935 bits per heavy atom. The lowest BCUT2D eigenvalue weighted by Gasteiger charge is -2.27. The van der Waals surface area contributed by atoms with Crippen LogP contribution in [-0.2, 0) is 14.4 Å². The Balaban J connectivity index is 3.70. The lowest BCUT2D eigenvalue weighted by Crippen LogP contribution is -2.42. The van der Waals surface area contributed by atoms with Crippen LogP contribution in [0.3, 0.4) is 0 Å². The minimum Gasteiger partial charge on any atom is -0.479 e. The molecule has 0 aliphatic rings. The molecule has 0 bridgehead atoms. The average molecular weight is 775 g/mol. The Bertz CT molecular complexity index is 954. The van der Waals surface area contributed by atoms with Crippen LogP contribution in [-0.4, -0.2) is 75.4 Å². The summed E-state index contributed by atoms with van der Waals surface area (Å²) in [6.07, 6.45) is -3.83. The minimum absolute atomic E-state index is 0.0212. The molecule has 1 aromatic carbocycles. The van der Waals surface area contributed by atoms with Crippen molar-refractivity contribution in [1.29, 1.82) is 0 Å². The number of carbonyl (C=O) groups excluding carboxylic acids is 3. The van der Waals surface area contributed by atoms with E-state index in [2.05, 4.69) is 5.32 Å². The number of amides is 3. The zero-order valence-corrected chi connectivity index (χ0v) is 22.0.